The summed E-state index contributed by atoms with van der Waals surface area (Å²) in [6.45, 7) is 0.950. The van der Waals surface area contributed by atoms with E-state index >= 15 is 0 Å². The van der Waals surface area contributed by atoms with Crippen LogP contribution in [0.4, 0.5) is 5.69 Å². The van der Waals surface area contributed by atoms with Crippen LogP contribution in [0.2, 0.25) is 0 Å². The van der Waals surface area contributed by atoms with Crippen molar-refractivity contribution in [3.63, 3.8) is 0 Å². The molecule has 1 aromatic heterocycles. The summed E-state index contributed by atoms with van der Waals surface area (Å²) < 4.78 is 7.12. The van der Waals surface area contributed by atoms with Gasteiger partial charge in [-0.15, -0.1) is 0 Å². The van der Waals surface area contributed by atoms with Crippen molar-refractivity contribution >= 4 is 5.69 Å². The van der Waals surface area contributed by atoms with Gasteiger partial charge in [-0.1, -0.05) is 24.3 Å². The number of nitrogens with one attached hydrogen (secondary N) is 1. The third-order valence-corrected chi connectivity index (χ3v) is 3.49. The van der Waals surface area contributed by atoms with Crippen molar-refractivity contribution in [2.75, 3.05) is 12.3 Å². The first kappa shape index (κ1) is 12.7. The molecule has 6 heteroatoms. The van der Waals surface area contributed by atoms with Crippen LogP contribution in [0.3, 0.4) is 0 Å². The van der Waals surface area contributed by atoms with E-state index in [1.165, 1.54) is 16.3 Å². The van der Waals surface area contributed by atoms with Crippen LogP contribution in [0.5, 0.6) is 0 Å². The highest BCUT2D eigenvalue weighted by atomic mass is 16.5. The molecule has 0 radical (unpaired) electrons. The number of aromatic nitrogens is 2. The summed E-state index contributed by atoms with van der Waals surface area (Å²) in [6.07, 6.45) is 2.03. The Morgan fingerprint density at radius 1 is 1.35 bits per heavy atom. The van der Waals surface area contributed by atoms with E-state index in [0.29, 0.717) is 13.2 Å². The van der Waals surface area contributed by atoms with Crippen molar-refractivity contribution in [3.8, 4) is 0 Å². The Morgan fingerprint density at radius 3 is 3.00 bits per heavy atom. The highest BCUT2D eigenvalue weighted by Crippen LogP contribution is 2.27. The van der Waals surface area contributed by atoms with Crippen LogP contribution < -0.4 is 17.0 Å². The van der Waals surface area contributed by atoms with Gasteiger partial charge in [-0.2, -0.15) is 0 Å². The largest absolute Gasteiger partial charge is 0.393 e. The second kappa shape index (κ2) is 4.97. The van der Waals surface area contributed by atoms with Crippen molar-refractivity contribution < 1.29 is 4.74 Å². The lowest BCUT2D eigenvalue weighted by molar-refractivity contribution is 0.0297. The van der Waals surface area contributed by atoms with Crippen LogP contribution in [0.1, 0.15) is 17.2 Å². The molecule has 1 atom stereocenters. The number of nitrogens with two attached hydrogens (primary N) is 1. The first-order chi connectivity index (χ1) is 9.65. The third kappa shape index (κ3) is 2.25. The Labute approximate surface area is 114 Å². The van der Waals surface area contributed by atoms with Gasteiger partial charge in [0.2, 0.25) is 0 Å². The first-order valence-corrected chi connectivity index (χ1v) is 6.44. The average Bonchev–Trinajstić information content (AvgIpc) is 2.45. The van der Waals surface area contributed by atoms with Gasteiger partial charge in [0.15, 0.2) is 0 Å². The number of fused-ring (bicyclic) bond motifs is 1. The van der Waals surface area contributed by atoms with E-state index in [0.717, 1.165) is 12.0 Å². The number of H-pyrrole nitrogens is 1. The molecule has 3 rings (SSSR count). The molecule has 3 N–H and O–H groups in total. The fourth-order valence-electron chi connectivity index (χ4n) is 2.47. The molecular weight excluding hydrogens is 258 g/mol. The molecule has 1 aliphatic rings. The number of nitrogen functional groups attached to an aromatic ring is 1. The minimum atomic E-state index is -0.559. The van der Waals surface area contributed by atoms with E-state index in [-0.39, 0.29) is 11.8 Å². The zero-order chi connectivity index (χ0) is 14.1. The molecule has 6 nitrogen and oxygen atoms in total. The van der Waals surface area contributed by atoms with Crippen molar-refractivity contribution in [2.45, 2.75) is 19.1 Å². The minimum Gasteiger partial charge on any atom is -0.393 e. The molecule has 2 aromatic rings. The highest BCUT2D eigenvalue weighted by Gasteiger charge is 2.21. The third-order valence-electron chi connectivity index (χ3n) is 3.49. The van der Waals surface area contributed by atoms with Crippen LogP contribution in [-0.4, -0.2) is 16.2 Å². The Hall–Kier alpha value is -2.34. The summed E-state index contributed by atoms with van der Waals surface area (Å²) in [5.41, 5.74) is 6.84. The number of ether oxygens (including phenoxy) is 1. The minimum absolute atomic E-state index is 0.0219. The Bertz CT molecular complexity index is 748. The molecule has 0 saturated carbocycles. The number of benzene rings is 1. The first-order valence-electron chi connectivity index (χ1n) is 6.44. The van der Waals surface area contributed by atoms with Crippen LogP contribution in [0.25, 0.3) is 0 Å². The number of rotatable bonds is 2. The van der Waals surface area contributed by atoms with Gasteiger partial charge in [0.05, 0.1) is 13.2 Å². The van der Waals surface area contributed by atoms with Gasteiger partial charge < -0.3 is 10.5 Å². The van der Waals surface area contributed by atoms with Crippen LogP contribution >= 0.6 is 0 Å². The zero-order valence-electron chi connectivity index (χ0n) is 10.8. The van der Waals surface area contributed by atoms with E-state index in [9.17, 15) is 9.59 Å². The molecule has 2 heterocycles. The number of hydrogen-bond donors (Lipinski definition) is 2. The summed E-state index contributed by atoms with van der Waals surface area (Å²) in [7, 11) is 0. The van der Waals surface area contributed by atoms with Crippen molar-refractivity contribution in [1.29, 1.82) is 0 Å². The molecule has 1 unspecified atom stereocenters. The number of anilines is 1. The van der Waals surface area contributed by atoms with E-state index < -0.39 is 11.2 Å². The van der Waals surface area contributed by atoms with E-state index in [1.807, 2.05) is 18.2 Å². The summed E-state index contributed by atoms with van der Waals surface area (Å²) in [5, 5.41) is 0. The molecule has 0 aliphatic carbocycles. The maximum atomic E-state index is 11.8. The zero-order valence-corrected chi connectivity index (χ0v) is 10.8. The molecule has 20 heavy (non-hydrogen) atoms. The van der Waals surface area contributed by atoms with Gasteiger partial charge in [-0.25, -0.2) is 4.79 Å². The molecule has 0 bridgehead atoms. The number of hydrogen-bond acceptors (Lipinski definition) is 4. The summed E-state index contributed by atoms with van der Waals surface area (Å²) in [4.78, 5) is 25.2. The molecule has 0 saturated heterocycles. The normalized spacial score (nSPS) is 17.7. The number of nitrogens with zero attached hydrogens (tertiary/aromatic N) is 1. The quantitative estimate of drug-likeness (QED) is 0.830. The predicted octanol–water partition coefficient (Wildman–Crippen LogP) is 0.433. The van der Waals surface area contributed by atoms with Gasteiger partial charge in [0, 0.05) is 6.20 Å². The Kier molecular flexibility index (Phi) is 3.15. The standard InChI is InChI=1S/C14H15N3O3/c15-11-7-17(14(19)16-13(11)18)8-12-10-4-2-1-3-9(10)5-6-20-12/h1-4,7,12H,5-6,8,15H2,(H,16,18,19). The maximum Gasteiger partial charge on any atom is 0.328 e. The molecular formula is C14H15N3O3. The summed E-state index contributed by atoms with van der Waals surface area (Å²) in [5.74, 6) is 0. The van der Waals surface area contributed by atoms with Crippen molar-refractivity contribution in [2.24, 2.45) is 0 Å². The second-order valence-electron chi connectivity index (χ2n) is 4.80. The highest BCUT2D eigenvalue weighted by molar-refractivity contribution is 5.32. The Morgan fingerprint density at radius 2 is 2.15 bits per heavy atom. The fraction of sp³-hybridized carbons (Fsp3) is 0.286. The predicted molar refractivity (Wildman–Crippen MR) is 74.6 cm³/mol. The monoisotopic (exact) mass is 273 g/mol. The smallest absolute Gasteiger partial charge is 0.328 e. The van der Waals surface area contributed by atoms with Crippen molar-refractivity contribution in [1.82, 2.24) is 9.55 Å². The van der Waals surface area contributed by atoms with Crippen LogP contribution in [0, 0.1) is 0 Å². The second-order valence-corrected chi connectivity index (χ2v) is 4.80. The summed E-state index contributed by atoms with van der Waals surface area (Å²) in [6, 6.07) is 8.00. The molecule has 1 aromatic carbocycles. The topological polar surface area (TPSA) is 90.1 Å². The SMILES string of the molecule is Nc1cn(CC2OCCc3ccccc32)c(=O)[nH]c1=O. The van der Waals surface area contributed by atoms with E-state index in [4.69, 9.17) is 10.5 Å². The molecule has 0 fully saturated rings. The van der Waals surface area contributed by atoms with Gasteiger partial charge in [0.1, 0.15) is 11.8 Å². The summed E-state index contributed by atoms with van der Waals surface area (Å²) >= 11 is 0. The maximum absolute atomic E-state index is 11.8. The number of aromatic amines is 1. The van der Waals surface area contributed by atoms with Crippen LogP contribution in [-0.2, 0) is 17.7 Å². The lowest BCUT2D eigenvalue weighted by atomic mass is 9.97. The van der Waals surface area contributed by atoms with Gasteiger partial charge in [-0.05, 0) is 17.5 Å². The van der Waals surface area contributed by atoms with E-state index in [1.54, 1.807) is 0 Å². The lowest BCUT2D eigenvalue weighted by Crippen LogP contribution is -2.33. The molecule has 1 aliphatic heterocycles. The Balaban J connectivity index is 1.95. The molecule has 104 valence electrons. The molecule has 0 spiro atoms. The van der Waals surface area contributed by atoms with Crippen LogP contribution in [0.15, 0.2) is 40.1 Å². The van der Waals surface area contributed by atoms with E-state index in [2.05, 4.69) is 11.1 Å². The molecule has 0 amide bonds. The van der Waals surface area contributed by atoms with Gasteiger partial charge in [-0.3, -0.25) is 14.3 Å². The fourth-order valence-corrected chi connectivity index (χ4v) is 2.47. The van der Waals surface area contributed by atoms with Gasteiger partial charge >= 0.3 is 5.69 Å². The van der Waals surface area contributed by atoms with Gasteiger partial charge in [0.25, 0.3) is 5.56 Å². The van der Waals surface area contributed by atoms with Crippen molar-refractivity contribution in [3.05, 3.63) is 62.4 Å². The average molecular weight is 273 g/mol. The lowest BCUT2D eigenvalue weighted by Gasteiger charge is -2.26.